The molecule has 3 aromatic carbocycles. The Labute approximate surface area is 209 Å². The van der Waals surface area contributed by atoms with Crippen molar-refractivity contribution >= 4 is 35.0 Å². The number of carbonyl (C=O) groups is 2. The highest BCUT2D eigenvalue weighted by Crippen LogP contribution is 2.43. The van der Waals surface area contributed by atoms with Crippen LogP contribution in [0.3, 0.4) is 0 Å². The zero-order chi connectivity index (χ0) is 24.9. The number of para-hydroxylation sites is 1. The molecule has 1 fully saturated rings. The van der Waals surface area contributed by atoms with Crippen LogP contribution in [0.25, 0.3) is 0 Å². The molecule has 1 aliphatic rings. The number of amides is 2. The molecular weight excluding hydrogens is 458 g/mol. The molecule has 3 aromatic rings. The highest BCUT2D eigenvalue weighted by Gasteiger charge is 2.41. The lowest BCUT2D eigenvalue weighted by Crippen LogP contribution is -2.31. The predicted octanol–water partition coefficient (Wildman–Crippen LogP) is 5.38. The first-order chi connectivity index (χ1) is 16.9. The van der Waals surface area contributed by atoms with Gasteiger partial charge in [-0.05, 0) is 61.7 Å². The quantitative estimate of drug-likeness (QED) is 0.376. The Morgan fingerprint density at radius 3 is 2.37 bits per heavy atom. The number of ether oxygens (including phenoxy) is 1. The Morgan fingerprint density at radius 1 is 1.06 bits per heavy atom. The van der Waals surface area contributed by atoms with Gasteiger partial charge in [0, 0.05) is 5.69 Å². The molecule has 1 saturated heterocycles. The van der Waals surface area contributed by atoms with Gasteiger partial charge in [0.25, 0.3) is 5.91 Å². The van der Waals surface area contributed by atoms with E-state index in [4.69, 9.17) is 4.74 Å². The number of benzene rings is 3. The molecule has 0 bridgehead atoms. The normalized spacial score (nSPS) is 16.6. The summed E-state index contributed by atoms with van der Waals surface area (Å²) in [5.41, 5.74) is 4.05. The number of nitriles is 1. The summed E-state index contributed by atoms with van der Waals surface area (Å²) in [5.74, 6) is 0.0298. The van der Waals surface area contributed by atoms with Crippen LogP contribution in [0.1, 0.15) is 16.7 Å². The van der Waals surface area contributed by atoms with Crippen molar-refractivity contribution in [3.05, 3.63) is 100 Å². The fraction of sp³-hybridized carbons (Fsp3) is 0.179. The van der Waals surface area contributed by atoms with Gasteiger partial charge in [-0.25, -0.2) is 0 Å². The molecule has 2 amide bonds. The van der Waals surface area contributed by atoms with Crippen molar-refractivity contribution in [3.8, 4) is 11.8 Å². The largest absolute Gasteiger partial charge is 0.497 e. The number of nitrogens with one attached hydrogen (secondary N) is 1. The molecule has 35 heavy (non-hydrogen) atoms. The molecule has 0 saturated carbocycles. The third-order valence-corrected chi connectivity index (χ3v) is 7.01. The Bertz CT molecular complexity index is 1320. The van der Waals surface area contributed by atoms with Crippen molar-refractivity contribution in [2.24, 2.45) is 0 Å². The van der Waals surface area contributed by atoms with E-state index in [0.29, 0.717) is 22.8 Å². The van der Waals surface area contributed by atoms with Gasteiger partial charge in [0.15, 0.2) is 0 Å². The summed E-state index contributed by atoms with van der Waals surface area (Å²) in [7, 11) is 1.60. The van der Waals surface area contributed by atoms with Gasteiger partial charge in [-0.15, -0.1) is 0 Å². The average Bonchev–Trinajstić information content (AvgIpc) is 3.17. The topological polar surface area (TPSA) is 82.4 Å². The number of hydrogen-bond acceptors (Lipinski definition) is 5. The van der Waals surface area contributed by atoms with Crippen molar-refractivity contribution in [1.29, 1.82) is 5.26 Å². The minimum Gasteiger partial charge on any atom is -0.497 e. The van der Waals surface area contributed by atoms with Crippen molar-refractivity contribution in [3.63, 3.8) is 0 Å². The zero-order valence-electron chi connectivity index (χ0n) is 19.7. The molecule has 1 heterocycles. The van der Waals surface area contributed by atoms with Crippen LogP contribution < -0.4 is 15.0 Å². The third kappa shape index (κ3) is 5.23. The molecule has 0 aliphatic carbocycles. The number of thioether (sulfide) groups is 1. The van der Waals surface area contributed by atoms with Crippen LogP contribution in [-0.2, 0) is 16.0 Å². The van der Waals surface area contributed by atoms with Crippen molar-refractivity contribution in [2.45, 2.75) is 25.5 Å². The van der Waals surface area contributed by atoms with Crippen LogP contribution in [-0.4, -0.2) is 24.2 Å². The number of anilines is 2. The van der Waals surface area contributed by atoms with Gasteiger partial charge < -0.3 is 10.1 Å². The van der Waals surface area contributed by atoms with E-state index in [-0.39, 0.29) is 11.5 Å². The number of rotatable bonds is 6. The SMILES string of the molecule is COc1ccc(C[C@H]2S/C(=C(/C#N)C(=O)Nc3ccc(C)cc3)N(c3ccccc3C)C2=O)cc1. The van der Waals surface area contributed by atoms with Crippen molar-refractivity contribution in [2.75, 3.05) is 17.3 Å². The second-order valence-corrected chi connectivity index (χ2v) is 9.42. The lowest BCUT2D eigenvalue weighted by atomic mass is 10.1. The summed E-state index contributed by atoms with van der Waals surface area (Å²) in [6, 6.07) is 24.4. The van der Waals surface area contributed by atoms with E-state index in [1.165, 1.54) is 16.7 Å². The number of hydrogen-bond donors (Lipinski definition) is 1. The smallest absolute Gasteiger partial charge is 0.269 e. The Hall–Kier alpha value is -4.02. The van der Waals surface area contributed by atoms with E-state index in [0.717, 1.165) is 22.4 Å². The first-order valence-corrected chi connectivity index (χ1v) is 12.0. The monoisotopic (exact) mass is 483 g/mol. The minimum atomic E-state index is -0.546. The van der Waals surface area contributed by atoms with E-state index in [1.807, 2.05) is 74.5 Å². The molecule has 6 nitrogen and oxygen atoms in total. The first-order valence-electron chi connectivity index (χ1n) is 11.1. The number of nitrogens with zero attached hydrogens (tertiary/aromatic N) is 2. The Morgan fingerprint density at radius 2 is 1.74 bits per heavy atom. The summed E-state index contributed by atoms with van der Waals surface area (Å²) in [6.07, 6.45) is 0.456. The summed E-state index contributed by atoms with van der Waals surface area (Å²) in [5, 5.41) is 12.7. The van der Waals surface area contributed by atoms with E-state index >= 15 is 0 Å². The maximum absolute atomic E-state index is 13.6. The molecule has 176 valence electrons. The van der Waals surface area contributed by atoms with Gasteiger partial charge in [0.2, 0.25) is 5.91 Å². The fourth-order valence-electron chi connectivity index (χ4n) is 3.83. The number of carbonyl (C=O) groups excluding carboxylic acids is 2. The molecule has 4 rings (SSSR count). The summed E-state index contributed by atoms with van der Waals surface area (Å²) >= 11 is 1.25. The molecule has 0 unspecified atom stereocenters. The van der Waals surface area contributed by atoms with E-state index < -0.39 is 11.2 Å². The Kier molecular flexibility index (Phi) is 7.23. The molecule has 1 aliphatic heterocycles. The highest BCUT2D eigenvalue weighted by atomic mass is 32.2. The number of methoxy groups -OCH3 is 1. The van der Waals surface area contributed by atoms with Crippen molar-refractivity contribution in [1.82, 2.24) is 0 Å². The van der Waals surface area contributed by atoms with Crippen LogP contribution in [0.4, 0.5) is 11.4 Å². The highest BCUT2D eigenvalue weighted by molar-refractivity contribution is 8.05. The van der Waals surface area contributed by atoms with Gasteiger partial charge in [-0.2, -0.15) is 5.26 Å². The lowest BCUT2D eigenvalue weighted by molar-refractivity contribution is -0.117. The van der Waals surface area contributed by atoms with Crippen LogP contribution in [0, 0.1) is 25.2 Å². The second kappa shape index (κ2) is 10.5. The van der Waals surface area contributed by atoms with Gasteiger partial charge in [-0.1, -0.05) is 59.8 Å². The fourth-order valence-corrected chi connectivity index (χ4v) is 5.13. The van der Waals surface area contributed by atoms with E-state index in [9.17, 15) is 14.9 Å². The van der Waals surface area contributed by atoms with E-state index in [2.05, 4.69) is 11.4 Å². The maximum atomic E-state index is 13.6. The van der Waals surface area contributed by atoms with Gasteiger partial charge >= 0.3 is 0 Å². The van der Waals surface area contributed by atoms with Gasteiger partial charge in [-0.3, -0.25) is 14.5 Å². The zero-order valence-corrected chi connectivity index (χ0v) is 20.6. The molecule has 1 atom stereocenters. The maximum Gasteiger partial charge on any atom is 0.269 e. The molecule has 0 aromatic heterocycles. The van der Waals surface area contributed by atoms with Gasteiger partial charge in [0.1, 0.15) is 22.4 Å². The average molecular weight is 484 g/mol. The molecule has 0 spiro atoms. The van der Waals surface area contributed by atoms with Crippen LogP contribution in [0.5, 0.6) is 5.75 Å². The van der Waals surface area contributed by atoms with Gasteiger partial charge in [0.05, 0.1) is 18.0 Å². The summed E-state index contributed by atoms with van der Waals surface area (Å²) < 4.78 is 5.22. The predicted molar refractivity (Wildman–Crippen MR) is 139 cm³/mol. The first kappa shape index (κ1) is 24.1. The molecular formula is C28H25N3O3S. The lowest BCUT2D eigenvalue weighted by Gasteiger charge is -2.20. The molecule has 7 heteroatoms. The number of aryl methyl sites for hydroxylation is 2. The van der Waals surface area contributed by atoms with Crippen LogP contribution in [0.15, 0.2) is 83.4 Å². The molecule has 1 N–H and O–H groups in total. The van der Waals surface area contributed by atoms with Crippen molar-refractivity contribution < 1.29 is 14.3 Å². The summed E-state index contributed by atoms with van der Waals surface area (Å²) in [4.78, 5) is 28.3. The summed E-state index contributed by atoms with van der Waals surface area (Å²) in [6.45, 7) is 3.86. The van der Waals surface area contributed by atoms with E-state index in [1.54, 1.807) is 19.2 Å². The third-order valence-electron chi connectivity index (χ3n) is 5.75. The molecule has 0 radical (unpaired) electrons. The Balaban J connectivity index is 1.71. The standard InChI is InChI=1S/C28H25N3O3S/c1-18-8-12-21(13-9-18)30-26(32)23(17-29)28-31(24-7-5-4-6-19(24)2)27(33)25(35-28)16-20-10-14-22(34-3)15-11-20/h4-15,25H,16H2,1-3H3,(H,30,32)/b28-23-/t25-/m1/s1. The second-order valence-electron chi connectivity index (χ2n) is 8.23. The van der Waals surface area contributed by atoms with Crippen LogP contribution >= 0.6 is 11.8 Å². The minimum absolute atomic E-state index is 0.0931. The van der Waals surface area contributed by atoms with Crippen LogP contribution in [0.2, 0.25) is 0 Å².